The van der Waals surface area contributed by atoms with E-state index < -0.39 is 17.8 Å². The second-order valence-electron chi connectivity index (χ2n) is 11.3. The van der Waals surface area contributed by atoms with E-state index in [-0.39, 0.29) is 29.7 Å². The minimum absolute atomic E-state index is 0.0734. The molecule has 2 aliphatic rings. The van der Waals surface area contributed by atoms with Crippen LogP contribution >= 0.6 is 11.6 Å². The fourth-order valence-corrected chi connectivity index (χ4v) is 6.14. The highest BCUT2D eigenvalue weighted by Crippen LogP contribution is 2.34. The Morgan fingerprint density at radius 3 is 2.73 bits per heavy atom. The number of aromatic carboxylic acids is 1. The van der Waals surface area contributed by atoms with E-state index in [4.69, 9.17) is 30.5 Å². The summed E-state index contributed by atoms with van der Waals surface area (Å²) in [5.41, 5.74) is 4.24. The number of imidazole rings is 1. The van der Waals surface area contributed by atoms with E-state index in [0.29, 0.717) is 34.1 Å². The van der Waals surface area contributed by atoms with Crippen LogP contribution in [0.1, 0.15) is 53.1 Å². The molecule has 1 aliphatic heterocycles. The van der Waals surface area contributed by atoms with Crippen molar-refractivity contribution < 1.29 is 32.6 Å². The summed E-state index contributed by atoms with van der Waals surface area (Å²) in [5, 5.41) is 10.3. The number of hydrogen-bond acceptors (Lipinski definition) is 6. The summed E-state index contributed by atoms with van der Waals surface area (Å²) in [4.78, 5) is 20.9. The highest BCUT2D eigenvalue weighted by atomic mass is 35.5. The predicted octanol–water partition coefficient (Wildman–Crippen LogP) is 7.60. The Kier molecular flexibility index (Phi) is 7.55. The first-order valence-corrected chi connectivity index (χ1v) is 14.9. The number of carboxylic acids is 1. The molecule has 5 aromatic rings. The highest BCUT2D eigenvalue weighted by Gasteiger charge is 2.25. The Hall–Kier alpha value is -4.28. The molecule has 44 heavy (non-hydrogen) atoms. The van der Waals surface area contributed by atoms with Crippen molar-refractivity contribution in [2.45, 2.75) is 51.4 Å². The van der Waals surface area contributed by atoms with Gasteiger partial charge in [-0.05, 0) is 73.6 Å². The molecule has 2 unspecified atom stereocenters. The quantitative estimate of drug-likeness (QED) is 0.181. The Bertz CT molecular complexity index is 1930. The van der Waals surface area contributed by atoms with Gasteiger partial charge in [0, 0.05) is 30.0 Å². The van der Waals surface area contributed by atoms with Gasteiger partial charge in [0.2, 0.25) is 0 Å². The first kappa shape index (κ1) is 28.5. The first-order chi connectivity index (χ1) is 21.3. The zero-order valence-electron chi connectivity index (χ0n) is 23.6. The van der Waals surface area contributed by atoms with E-state index in [1.165, 1.54) is 12.1 Å². The molecule has 0 saturated carbocycles. The molecule has 0 radical (unpaired) electrons. The van der Waals surface area contributed by atoms with Crippen LogP contribution in [0.5, 0.6) is 5.88 Å². The number of aromatic nitrogens is 3. The number of carbonyl (C=O) groups is 1. The van der Waals surface area contributed by atoms with Crippen LogP contribution in [-0.4, -0.2) is 38.3 Å². The van der Waals surface area contributed by atoms with Gasteiger partial charge < -0.3 is 23.6 Å². The molecule has 3 aromatic heterocycles. The molecule has 1 N–H and O–H groups in total. The maximum Gasteiger partial charge on any atom is 0.335 e. The van der Waals surface area contributed by atoms with Crippen molar-refractivity contribution in [1.82, 2.24) is 14.5 Å². The van der Waals surface area contributed by atoms with Crippen molar-refractivity contribution in [3.63, 3.8) is 0 Å². The number of furan rings is 1. The van der Waals surface area contributed by atoms with Crippen molar-refractivity contribution in [3.05, 3.63) is 94.1 Å². The summed E-state index contributed by atoms with van der Waals surface area (Å²) in [5.74, 6) is -0.465. The van der Waals surface area contributed by atoms with Gasteiger partial charge in [0.05, 0.1) is 40.0 Å². The minimum atomic E-state index is -0.968. The maximum absolute atomic E-state index is 14.7. The average molecular weight is 620 g/mol. The molecule has 0 amide bonds. The molecular formula is C33H28ClF2N3O5. The molecule has 7 rings (SSSR count). The van der Waals surface area contributed by atoms with Gasteiger partial charge >= 0.3 is 5.97 Å². The Morgan fingerprint density at radius 2 is 1.98 bits per heavy atom. The van der Waals surface area contributed by atoms with Gasteiger partial charge in [0.15, 0.2) is 5.82 Å². The largest absolute Gasteiger partial charge is 0.478 e. The van der Waals surface area contributed by atoms with Crippen molar-refractivity contribution in [2.75, 3.05) is 6.61 Å². The number of halogens is 3. The summed E-state index contributed by atoms with van der Waals surface area (Å²) in [6.45, 7) is 1.31. The van der Waals surface area contributed by atoms with E-state index in [1.807, 2.05) is 0 Å². The van der Waals surface area contributed by atoms with Gasteiger partial charge in [-0.3, -0.25) is 0 Å². The molecule has 4 heterocycles. The molecular weight excluding hydrogens is 592 g/mol. The normalized spacial score (nSPS) is 18.4. The van der Waals surface area contributed by atoms with Crippen LogP contribution in [0.4, 0.5) is 8.78 Å². The van der Waals surface area contributed by atoms with E-state index >= 15 is 0 Å². The van der Waals surface area contributed by atoms with Crippen LogP contribution in [0.3, 0.4) is 0 Å². The van der Waals surface area contributed by atoms with Crippen molar-refractivity contribution in [3.8, 4) is 5.88 Å². The lowest BCUT2D eigenvalue weighted by Gasteiger charge is -2.28. The number of carboxylic acid groups (broad SMARTS) is 1. The van der Waals surface area contributed by atoms with Crippen LogP contribution in [0.15, 0.2) is 59.0 Å². The highest BCUT2D eigenvalue weighted by molar-refractivity contribution is 6.35. The zero-order valence-corrected chi connectivity index (χ0v) is 24.3. The van der Waals surface area contributed by atoms with Crippen LogP contribution in [0.2, 0.25) is 5.02 Å². The van der Waals surface area contributed by atoms with Crippen molar-refractivity contribution >= 4 is 45.1 Å². The molecule has 2 atom stereocenters. The Balaban J connectivity index is 1.07. The van der Waals surface area contributed by atoms with E-state index in [0.717, 1.165) is 61.1 Å². The monoisotopic (exact) mass is 619 g/mol. The number of rotatable bonds is 9. The molecule has 0 bridgehead atoms. The third kappa shape index (κ3) is 5.55. The van der Waals surface area contributed by atoms with Crippen LogP contribution in [0.25, 0.3) is 27.6 Å². The van der Waals surface area contributed by atoms with Crippen LogP contribution < -0.4 is 4.74 Å². The smallest absolute Gasteiger partial charge is 0.335 e. The molecule has 2 aromatic carbocycles. The van der Waals surface area contributed by atoms with Gasteiger partial charge in [-0.1, -0.05) is 23.7 Å². The summed E-state index contributed by atoms with van der Waals surface area (Å²) in [6, 6.07) is 11.7. The number of benzene rings is 2. The van der Waals surface area contributed by atoms with Gasteiger partial charge in [0.25, 0.3) is 11.9 Å². The van der Waals surface area contributed by atoms with Crippen molar-refractivity contribution in [2.24, 2.45) is 5.92 Å². The minimum Gasteiger partial charge on any atom is -0.478 e. The predicted molar refractivity (Wildman–Crippen MR) is 160 cm³/mol. The lowest BCUT2D eigenvalue weighted by Crippen LogP contribution is -2.32. The third-order valence-corrected chi connectivity index (χ3v) is 8.76. The van der Waals surface area contributed by atoms with Gasteiger partial charge in [-0.25, -0.2) is 19.2 Å². The lowest BCUT2D eigenvalue weighted by molar-refractivity contribution is -0.0590. The first-order valence-electron chi connectivity index (χ1n) is 14.5. The molecule has 8 nitrogen and oxygen atoms in total. The number of nitrogens with zero attached hydrogens (tertiary/aromatic N) is 3. The summed E-state index contributed by atoms with van der Waals surface area (Å²) >= 11 is 6.14. The number of fused-ring (bicyclic) bond motifs is 2. The van der Waals surface area contributed by atoms with E-state index in [2.05, 4.69) is 15.6 Å². The molecule has 0 spiro atoms. The number of allylic oxidation sites excluding steroid dienone is 2. The van der Waals surface area contributed by atoms with Gasteiger partial charge in [0.1, 0.15) is 18.0 Å². The lowest BCUT2D eigenvalue weighted by atomic mass is 9.86. The van der Waals surface area contributed by atoms with Gasteiger partial charge in [-0.2, -0.15) is 4.39 Å². The van der Waals surface area contributed by atoms with Crippen molar-refractivity contribution in [1.29, 1.82) is 0 Å². The molecule has 1 saturated heterocycles. The number of pyridine rings is 1. The average Bonchev–Trinajstić information content (AvgIpc) is 3.55. The van der Waals surface area contributed by atoms with Crippen LogP contribution in [0, 0.1) is 17.7 Å². The Morgan fingerprint density at radius 1 is 1.11 bits per heavy atom. The van der Waals surface area contributed by atoms with E-state index in [1.54, 1.807) is 36.4 Å². The maximum atomic E-state index is 14.7. The topological polar surface area (TPSA) is 99.6 Å². The van der Waals surface area contributed by atoms with Crippen LogP contribution in [-0.2, 0) is 24.3 Å². The summed E-state index contributed by atoms with van der Waals surface area (Å²) in [6.07, 6.45) is 6.37. The fraction of sp³-hybridized carbons (Fsp3) is 0.303. The molecule has 1 fully saturated rings. The standard InChI is InChI=1S/C33H28ClF2N3O5/c34-24-7-5-21(31-23(24)15-29(36)44-31)17-43-32-25(35)8-10-26(38-32)19-3-1-18(2-4-19)13-30-37-27-9-6-20(33(40)41)14-28(27)39(30)16-22-11-12-42-22/h3,5-10,14-15,18,22H,1-2,4,11-13,16-17H2,(H,40,41). The molecule has 11 heteroatoms. The summed E-state index contributed by atoms with van der Waals surface area (Å²) < 4.78 is 47.1. The molecule has 226 valence electrons. The van der Waals surface area contributed by atoms with Gasteiger partial charge in [-0.15, -0.1) is 0 Å². The zero-order chi connectivity index (χ0) is 30.4. The fourth-order valence-electron chi connectivity index (χ4n) is 5.94. The number of hydrogen-bond donors (Lipinski definition) is 1. The Labute approximate surface area is 255 Å². The number of ether oxygens (including phenoxy) is 2. The second kappa shape index (κ2) is 11.7. The third-order valence-electron chi connectivity index (χ3n) is 8.43. The SMILES string of the molecule is O=C(O)c1ccc2nc(CC3CC=C(c4ccc(F)c(OCc5ccc(Cl)c6cc(F)oc56)n4)CC3)n(CC3CCO3)c2c1. The molecule has 1 aliphatic carbocycles. The summed E-state index contributed by atoms with van der Waals surface area (Å²) in [7, 11) is 0. The second-order valence-corrected chi connectivity index (χ2v) is 11.7. The van der Waals surface area contributed by atoms with E-state index in [9.17, 15) is 18.7 Å².